The van der Waals surface area contributed by atoms with Gasteiger partial charge in [-0.1, -0.05) is 13.8 Å². The number of guanidine groups is 1. The summed E-state index contributed by atoms with van der Waals surface area (Å²) in [5.41, 5.74) is 16.1. The van der Waals surface area contributed by atoms with Crippen molar-refractivity contribution < 1.29 is 28.7 Å². The first-order valence-electron chi connectivity index (χ1n) is 12.4. The molecule has 2 atom stereocenters. The zero-order chi connectivity index (χ0) is 28.9. The van der Waals surface area contributed by atoms with Gasteiger partial charge in [0.1, 0.15) is 23.4 Å². The van der Waals surface area contributed by atoms with E-state index in [2.05, 4.69) is 20.9 Å². The number of esters is 1. The molecule has 1 rings (SSSR count). The van der Waals surface area contributed by atoms with Gasteiger partial charge in [0.25, 0.3) is 0 Å². The average Bonchev–Trinajstić information content (AvgIpc) is 2.78. The van der Waals surface area contributed by atoms with E-state index in [-0.39, 0.29) is 30.6 Å². The first-order valence-corrected chi connectivity index (χ1v) is 12.4. The van der Waals surface area contributed by atoms with Crippen molar-refractivity contribution in [3.63, 3.8) is 0 Å². The topological polar surface area (TPSA) is 213 Å². The SMILES string of the molecule is CC(C)C[C@H](NC(=O)OC(C)(C)C)C(=O)NCC(=O)N[C@@H](CCCN=C(N)N)C(=O)Oc1ccc(N)cc1. The molecule has 1 aromatic rings. The molecule has 0 saturated heterocycles. The predicted molar refractivity (Wildman–Crippen MR) is 144 cm³/mol. The van der Waals surface area contributed by atoms with Crippen molar-refractivity contribution in [3.8, 4) is 5.75 Å². The molecular formula is C25H41N7O6. The molecule has 1 aromatic carbocycles. The number of rotatable bonds is 13. The zero-order valence-electron chi connectivity index (χ0n) is 22.7. The van der Waals surface area contributed by atoms with Crippen LogP contribution < -0.4 is 37.9 Å². The molecule has 0 bridgehead atoms. The quantitative estimate of drug-likeness (QED) is 0.0524. The Labute approximate surface area is 223 Å². The van der Waals surface area contributed by atoms with Gasteiger partial charge in [0, 0.05) is 12.2 Å². The minimum atomic E-state index is -1.03. The van der Waals surface area contributed by atoms with Crippen LogP contribution in [0.4, 0.5) is 10.5 Å². The number of nitrogens with zero attached hydrogens (tertiary/aromatic N) is 1. The number of carbonyl (C=O) groups excluding carboxylic acids is 4. The Bertz CT molecular complexity index is 969. The Kier molecular flexibility index (Phi) is 12.9. The van der Waals surface area contributed by atoms with Crippen molar-refractivity contribution in [1.82, 2.24) is 16.0 Å². The van der Waals surface area contributed by atoms with E-state index in [1.54, 1.807) is 32.9 Å². The van der Waals surface area contributed by atoms with E-state index in [0.717, 1.165) is 0 Å². The van der Waals surface area contributed by atoms with Gasteiger partial charge in [0.2, 0.25) is 11.8 Å². The molecule has 212 valence electrons. The number of hydrogen-bond acceptors (Lipinski definition) is 8. The van der Waals surface area contributed by atoms with Gasteiger partial charge in [-0.2, -0.15) is 0 Å². The monoisotopic (exact) mass is 535 g/mol. The number of nitrogens with two attached hydrogens (primary N) is 3. The van der Waals surface area contributed by atoms with Crippen molar-refractivity contribution in [2.75, 3.05) is 18.8 Å². The third kappa shape index (κ3) is 13.9. The van der Waals surface area contributed by atoms with Gasteiger partial charge in [-0.15, -0.1) is 0 Å². The van der Waals surface area contributed by atoms with Gasteiger partial charge in [-0.05, 0) is 70.2 Å². The maximum absolute atomic E-state index is 12.8. The first-order chi connectivity index (χ1) is 17.7. The number of benzene rings is 1. The molecule has 0 aliphatic heterocycles. The summed E-state index contributed by atoms with van der Waals surface area (Å²) in [6, 6.07) is 4.25. The minimum absolute atomic E-state index is 0.0761. The highest BCUT2D eigenvalue weighted by Crippen LogP contribution is 2.15. The van der Waals surface area contributed by atoms with Crippen molar-refractivity contribution in [3.05, 3.63) is 24.3 Å². The van der Waals surface area contributed by atoms with E-state index < -0.39 is 48.1 Å². The fourth-order valence-corrected chi connectivity index (χ4v) is 3.16. The number of nitrogens with one attached hydrogen (secondary N) is 3. The second-order valence-electron chi connectivity index (χ2n) is 10.1. The Morgan fingerprint density at radius 3 is 2.18 bits per heavy atom. The lowest BCUT2D eigenvalue weighted by atomic mass is 10.0. The molecule has 0 aromatic heterocycles. The lowest BCUT2D eigenvalue weighted by molar-refractivity contribution is -0.139. The van der Waals surface area contributed by atoms with Crippen LogP contribution in [0.25, 0.3) is 0 Å². The molecule has 38 heavy (non-hydrogen) atoms. The summed E-state index contributed by atoms with van der Waals surface area (Å²) in [5.74, 6) is -1.65. The lowest BCUT2D eigenvalue weighted by Crippen LogP contribution is -2.52. The van der Waals surface area contributed by atoms with Gasteiger partial charge in [0.05, 0.1) is 6.54 Å². The number of carbonyl (C=O) groups is 4. The number of ether oxygens (including phenoxy) is 2. The number of anilines is 1. The highest BCUT2D eigenvalue weighted by Gasteiger charge is 2.27. The highest BCUT2D eigenvalue weighted by atomic mass is 16.6. The van der Waals surface area contributed by atoms with E-state index in [0.29, 0.717) is 18.5 Å². The molecule has 13 nitrogen and oxygen atoms in total. The van der Waals surface area contributed by atoms with E-state index in [9.17, 15) is 19.2 Å². The molecule has 0 heterocycles. The number of nitrogen functional groups attached to an aromatic ring is 1. The molecule has 0 unspecified atom stereocenters. The second-order valence-corrected chi connectivity index (χ2v) is 10.1. The predicted octanol–water partition coefficient (Wildman–Crippen LogP) is 0.768. The Balaban J connectivity index is 2.79. The highest BCUT2D eigenvalue weighted by molar-refractivity contribution is 5.91. The summed E-state index contributed by atoms with van der Waals surface area (Å²) >= 11 is 0. The fraction of sp³-hybridized carbons (Fsp3) is 0.560. The first kappa shape index (κ1) is 32.0. The van der Waals surface area contributed by atoms with E-state index in [1.807, 2.05) is 13.8 Å². The lowest BCUT2D eigenvalue weighted by Gasteiger charge is -2.24. The summed E-state index contributed by atoms with van der Waals surface area (Å²) in [7, 11) is 0. The molecule has 9 N–H and O–H groups in total. The summed E-state index contributed by atoms with van der Waals surface area (Å²) in [6.45, 7) is 8.73. The standard InChI is InChI=1S/C25H41N7O6/c1-15(2)13-19(32-24(36)38-25(3,4)5)21(34)30-14-20(33)31-18(7-6-12-29-23(27)28)22(35)37-17-10-8-16(26)9-11-17/h8-11,15,18-19H,6-7,12-14,26H2,1-5H3,(H,30,34)(H,31,33)(H,32,36)(H4,27,28,29)/t18-,19-/m0/s1. The number of aliphatic imine (C=N–C) groups is 1. The van der Waals surface area contributed by atoms with Gasteiger partial charge < -0.3 is 42.6 Å². The summed E-state index contributed by atoms with van der Waals surface area (Å²) < 4.78 is 10.6. The molecule has 3 amide bonds. The van der Waals surface area contributed by atoms with Crippen molar-refractivity contribution in [1.29, 1.82) is 0 Å². The number of hydrogen-bond donors (Lipinski definition) is 6. The van der Waals surface area contributed by atoms with Crippen LogP contribution in [0.5, 0.6) is 5.75 Å². The normalized spacial score (nSPS) is 12.6. The van der Waals surface area contributed by atoms with Crippen LogP contribution >= 0.6 is 0 Å². The zero-order valence-corrected chi connectivity index (χ0v) is 22.7. The minimum Gasteiger partial charge on any atom is -0.444 e. The van der Waals surface area contributed by atoms with Crippen molar-refractivity contribution in [2.24, 2.45) is 22.4 Å². The number of alkyl carbamates (subject to hydrolysis) is 1. The molecular weight excluding hydrogens is 494 g/mol. The van der Waals surface area contributed by atoms with Crippen LogP contribution in [-0.4, -0.2) is 60.6 Å². The van der Waals surface area contributed by atoms with Crippen LogP contribution in [0.3, 0.4) is 0 Å². The average molecular weight is 536 g/mol. The fourth-order valence-electron chi connectivity index (χ4n) is 3.16. The van der Waals surface area contributed by atoms with Gasteiger partial charge in [-0.3, -0.25) is 14.6 Å². The van der Waals surface area contributed by atoms with Crippen LogP contribution in [-0.2, 0) is 19.1 Å². The van der Waals surface area contributed by atoms with E-state index in [1.165, 1.54) is 12.1 Å². The Morgan fingerprint density at radius 1 is 1.00 bits per heavy atom. The smallest absolute Gasteiger partial charge is 0.408 e. The van der Waals surface area contributed by atoms with Crippen LogP contribution in [0.15, 0.2) is 29.3 Å². The van der Waals surface area contributed by atoms with Gasteiger partial charge >= 0.3 is 12.1 Å². The Morgan fingerprint density at radius 2 is 1.63 bits per heavy atom. The molecule has 0 spiro atoms. The van der Waals surface area contributed by atoms with Crippen LogP contribution in [0.1, 0.15) is 53.9 Å². The van der Waals surface area contributed by atoms with Crippen LogP contribution in [0.2, 0.25) is 0 Å². The third-order valence-electron chi connectivity index (χ3n) is 4.80. The summed E-state index contributed by atoms with van der Waals surface area (Å²) in [5, 5.41) is 7.61. The maximum atomic E-state index is 12.8. The van der Waals surface area contributed by atoms with Crippen LogP contribution in [0, 0.1) is 5.92 Å². The summed E-state index contributed by atoms with van der Waals surface area (Å²) in [6.07, 6.45) is 0.144. The third-order valence-corrected chi connectivity index (χ3v) is 4.80. The Hall–Kier alpha value is -4.03. The van der Waals surface area contributed by atoms with Gasteiger partial charge in [0.15, 0.2) is 5.96 Å². The molecule has 0 aliphatic rings. The van der Waals surface area contributed by atoms with E-state index >= 15 is 0 Å². The van der Waals surface area contributed by atoms with Crippen molar-refractivity contribution in [2.45, 2.75) is 71.6 Å². The second kappa shape index (κ2) is 15.3. The van der Waals surface area contributed by atoms with Crippen molar-refractivity contribution >= 4 is 35.5 Å². The maximum Gasteiger partial charge on any atom is 0.408 e. The molecule has 0 saturated carbocycles. The number of amides is 3. The van der Waals surface area contributed by atoms with Gasteiger partial charge in [-0.25, -0.2) is 9.59 Å². The molecule has 0 fully saturated rings. The van der Waals surface area contributed by atoms with E-state index in [4.69, 9.17) is 26.7 Å². The molecule has 0 aliphatic carbocycles. The largest absolute Gasteiger partial charge is 0.444 e. The molecule has 13 heteroatoms. The summed E-state index contributed by atoms with van der Waals surface area (Å²) in [4.78, 5) is 54.2. The molecule has 0 radical (unpaired) electrons.